The maximum atomic E-state index is 13.5. The van der Waals surface area contributed by atoms with Gasteiger partial charge in [0.2, 0.25) is 0 Å². The Morgan fingerprint density at radius 2 is 1.54 bits per heavy atom. The summed E-state index contributed by atoms with van der Waals surface area (Å²) >= 11 is 0. The van der Waals surface area contributed by atoms with Crippen LogP contribution >= 0.6 is 0 Å². The van der Waals surface area contributed by atoms with E-state index in [1.807, 2.05) is 13.8 Å². The standard InChI is InChI=1S/C27H28O10/c1-14-10-19(29)21(35-23(30)16-6-8-32-12-16)26(5)22(36-24(31)17-7-9-33-13-17)20(34-15(2)28)18-11-27(14,26)37-25(18,3)4/h6-10,12-13,18,20-22H,11H2,1-5H3/t18-,20-,21+,22+,26-,27-/m0/s1. The fourth-order valence-electron chi connectivity index (χ4n) is 6.30. The summed E-state index contributed by atoms with van der Waals surface area (Å²) in [5, 5.41) is 0. The van der Waals surface area contributed by atoms with Gasteiger partial charge in [0.15, 0.2) is 18.0 Å². The van der Waals surface area contributed by atoms with Gasteiger partial charge in [0.25, 0.3) is 0 Å². The first-order valence-corrected chi connectivity index (χ1v) is 12.0. The van der Waals surface area contributed by atoms with Crippen LogP contribution in [0.2, 0.25) is 0 Å². The number of furan rings is 2. The average molecular weight is 513 g/mol. The third-order valence-electron chi connectivity index (χ3n) is 8.07. The number of carbonyl (C=O) groups excluding carboxylic acids is 4. The van der Waals surface area contributed by atoms with E-state index in [-0.39, 0.29) is 11.1 Å². The molecule has 0 unspecified atom stereocenters. The van der Waals surface area contributed by atoms with E-state index in [4.69, 9.17) is 27.8 Å². The Kier molecular flexibility index (Phi) is 5.71. The topological polar surface area (TPSA) is 131 Å². The van der Waals surface area contributed by atoms with Crippen molar-refractivity contribution >= 4 is 23.7 Å². The number of esters is 3. The van der Waals surface area contributed by atoms with Crippen LogP contribution in [0, 0.1) is 11.3 Å². The van der Waals surface area contributed by atoms with Crippen LogP contribution in [0.1, 0.15) is 61.8 Å². The van der Waals surface area contributed by atoms with Crippen LogP contribution < -0.4 is 0 Å². The van der Waals surface area contributed by atoms with Crippen LogP contribution in [-0.4, -0.2) is 53.2 Å². The van der Waals surface area contributed by atoms with E-state index in [1.54, 1.807) is 13.8 Å². The number of carbonyl (C=O) groups is 4. The lowest BCUT2D eigenvalue weighted by molar-refractivity contribution is -0.221. The summed E-state index contributed by atoms with van der Waals surface area (Å²) in [4.78, 5) is 52.0. The molecule has 10 nitrogen and oxygen atoms in total. The highest BCUT2D eigenvalue weighted by molar-refractivity contribution is 6.00. The lowest BCUT2D eigenvalue weighted by Gasteiger charge is -2.57. The fourth-order valence-corrected chi connectivity index (χ4v) is 6.30. The van der Waals surface area contributed by atoms with Crippen molar-refractivity contribution in [3.05, 3.63) is 60.0 Å². The van der Waals surface area contributed by atoms with Crippen LogP contribution in [0.3, 0.4) is 0 Å². The highest BCUT2D eigenvalue weighted by Gasteiger charge is 2.77. The van der Waals surface area contributed by atoms with E-state index in [0.717, 1.165) is 0 Å². The van der Waals surface area contributed by atoms with Crippen molar-refractivity contribution in [2.45, 2.75) is 70.6 Å². The van der Waals surface area contributed by atoms with Crippen molar-refractivity contribution in [3.8, 4) is 0 Å². The Morgan fingerprint density at radius 1 is 0.946 bits per heavy atom. The molecule has 2 fully saturated rings. The van der Waals surface area contributed by atoms with Gasteiger partial charge in [0.05, 0.1) is 34.7 Å². The first kappa shape index (κ1) is 25.0. The van der Waals surface area contributed by atoms with Gasteiger partial charge in [-0.3, -0.25) is 9.59 Å². The highest BCUT2D eigenvalue weighted by Crippen LogP contribution is 2.65. The van der Waals surface area contributed by atoms with Gasteiger partial charge in [-0.15, -0.1) is 0 Å². The molecule has 3 heterocycles. The highest BCUT2D eigenvalue weighted by atomic mass is 16.6. The molecule has 5 rings (SSSR count). The molecule has 1 spiro atoms. The smallest absolute Gasteiger partial charge is 0.342 e. The SMILES string of the molecule is CC(=O)O[C@@H]1[C@@H](OC(=O)c2ccoc2)[C@]2(C)[C@H](OC(=O)c3ccoc3)C(=O)C=C(C)[C@@]23C[C@@H]1C(C)(C)O3. The Balaban J connectivity index is 1.68. The fraction of sp³-hybridized carbons (Fsp3) is 0.481. The molecule has 2 aliphatic carbocycles. The number of ether oxygens (including phenoxy) is 4. The third kappa shape index (κ3) is 3.65. The van der Waals surface area contributed by atoms with Gasteiger partial charge in [-0.2, -0.15) is 0 Å². The van der Waals surface area contributed by atoms with E-state index < -0.39 is 64.5 Å². The van der Waals surface area contributed by atoms with Gasteiger partial charge in [-0.05, 0) is 57.9 Å². The molecule has 0 radical (unpaired) electrons. The Hall–Kier alpha value is -3.66. The Labute approximate surface area is 212 Å². The van der Waals surface area contributed by atoms with Gasteiger partial charge < -0.3 is 27.8 Å². The largest absolute Gasteiger partial charge is 0.472 e. The molecule has 10 heteroatoms. The molecule has 196 valence electrons. The molecule has 0 amide bonds. The quantitative estimate of drug-likeness (QED) is 0.432. The number of fused-ring (bicyclic) bond motifs is 1. The normalized spacial score (nSPS) is 33.8. The second-order valence-electron chi connectivity index (χ2n) is 10.6. The van der Waals surface area contributed by atoms with Crippen LogP contribution in [0.15, 0.2) is 57.7 Å². The molecule has 2 bridgehead atoms. The van der Waals surface area contributed by atoms with Gasteiger partial charge in [-0.1, -0.05) is 0 Å². The molecule has 3 aliphatic rings. The monoisotopic (exact) mass is 512 g/mol. The summed E-state index contributed by atoms with van der Waals surface area (Å²) in [5.41, 5.74) is -2.61. The zero-order valence-corrected chi connectivity index (χ0v) is 21.1. The molecule has 0 aromatic carbocycles. The predicted molar refractivity (Wildman–Crippen MR) is 124 cm³/mol. The van der Waals surface area contributed by atoms with Crippen molar-refractivity contribution in [2.75, 3.05) is 0 Å². The van der Waals surface area contributed by atoms with Crippen molar-refractivity contribution in [2.24, 2.45) is 11.3 Å². The predicted octanol–water partition coefficient (Wildman–Crippen LogP) is 3.66. The van der Waals surface area contributed by atoms with Crippen LogP contribution in [0.5, 0.6) is 0 Å². The van der Waals surface area contributed by atoms with Crippen molar-refractivity contribution < 1.29 is 47.0 Å². The lowest BCUT2D eigenvalue weighted by Crippen LogP contribution is -2.71. The zero-order valence-electron chi connectivity index (χ0n) is 21.1. The lowest BCUT2D eigenvalue weighted by atomic mass is 9.52. The summed E-state index contributed by atoms with van der Waals surface area (Å²) in [7, 11) is 0. The molecule has 2 aromatic rings. The van der Waals surface area contributed by atoms with Crippen molar-refractivity contribution in [3.63, 3.8) is 0 Å². The molecule has 0 N–H and O–H groups in total. The average Bonchev–Trinajstić information content (AvgIpc) is 3.57. The minimum atomic E-state index is -1.47. The van der Waals surface area contributed by atoms with Crippen molar-refractivity contribution in [1.29, 1.82) is 0 Å². The molecule has 37 heavy (non-hydrogen) atoms. The third-order valence-corrected chi connectivity index (χ3v) is 8.07. The van der Waals surface area contributed by atoms with E-state index in [9.17, 15) is 19.2 Å². The first-order valence-electron chi connectivity index (χ1n) is 12.0. The number of hydrogen-bond donors (Lipinski definition) is 0. The molecule has 2 aromatic heterocycles. The molecular weight excluding hydrogens is 484 g/mol. The Bertz CT molecular complexity index is 1270. The van der Waals surface area contributed by atoms with Crippen LogP contribution in [-0.2, 0) is 28.5 Å². The van der Waals surface area contributed by atoms with Gasteiger partial charge >= 0.3 is 17.9 Å². The Morgan fingerprint density at radius 3 is 2.08 bits per heavy atom. The van der Waals surface area contributed by atoms with E-state index in [0.29, 0.717) is 12.0 Å². The molecule has 1 saturated carbocycles. The van der Waals surface area contributed by atoms with Gasteiger partial charge in [0.1, 0.15) is 24.2 Å². The summed E-state index contributed by atoms with van der Waals surface area (Å²) in [6, 6.07) is 2.85. The zero-order chi connectivity index (χ0) is 26.8. The van der Waals surface area contributed by atoms with E-state index in [1.165, 1.54) is 50.2 Å². The minimum Gasteiger partial charge on any atom is -0.472 e. The van der Waals surface area contributed by atoms with Gasteiger partial charge in [-0.25, -0.2) is 9.59 Å². The molecular formula is C27H28O10. The maximum Gasteiger partial charge on any atom is 0.342 e. The minimum absolute atomic E-state index is 0.113. The molecule has 1 aliphatic heterocycles. The number of ketones is 1. The second-order valence-corrected chi connectivity index (χ2v) is 10.6. The second kappa shape index (κ2) is 8.44. The van der Waals surface area contributed by atoms with E-state index >= 15 is 0 Å². The van der Waals surface area contributed by atoms with Crippen molar-refractivity contribution in [1.82, 2.24) is 0 Å². The number of hydrogen-bond acceptors (Lipinski definition) is 10. The first-order chi connectivity index (χ1) is 17.4. The summed E-state index contributed by atoms with van der Waals surface area (Å²) < 4.78 is 34.4. The van der Waals surface area contributed by atoms with E-state index in [2.05, 4.69) is 0 Å². The van der Waals surface area contributed by atoms with Gasteiger partial charge in [0, 0.05) is 12.8 Å². The summed E-state index contributed by atoms with van der Waals surface area (Å²) in [6.07, 6.45) is 3.21. The maximum absolute atomic E-state index is 13.5. The summed E-state index contributed by atoms with van der Waals surface area (Å²) in [6.45, 7) is 8.43. The molecule has 1 saturated heterocycles. The number of rotatable bonds is 5. The molecule has 6 atom stereocenters. The van der Waals surface area contributed by atoms with Crippen LogP contribution in [0.4, 0.5) is 0 Å². The van der Waals surface area contributed by atoms with Crippen LogP contribution in [0.25, 0.3) is 0 Å². The summed E-state index contributed by atoms with van der Waals surface area (Å²) in [5.74, 6) is -3.02.